The zero-order valence-electron chi connectivity index (χ0n) is 7.60. The van der Waals surface area contributed by atoms with Gasteiger partial charge in [0, 0.05) is 4.47 Å². The van der Waals surface area contributed by atoms with Crippen LogP contribution in [0.5, 0.6) is 0 Å². The van der Waals surface area contributed by atoms with Crippen molar-refractivity contribution in [3.8, 4) is 0 Å². The van der Waals surface area contributed by atoms with E-state index in [1.54, 1.807) is 0 Å². The molecular formula is C10H11BrO2. The number of carbonyl (C=O) groups is 1. The van der Waals surface area contributed by atoms with Crippen molar-refractivity contribution in [2.75, 3.05) is 0 Å². The topological polar surface area (TPSA) is 37.3 Å². The highest BCUT2D eigenvalue weighted by atomic mass is 79.9. The number of hydrogen-bond acceptors (Lipinski definition) is 1. The van der Waals surface area contributed by atoms with E-state index in [0.717, 1.165) is 21.2 Å². The Labute approximate surface area is 85.7 Å². The van der Waals surface area contributed by atoms with Crippen LogP contribution in [0.3, 0.4) is 0 Å². The highest BCUT2D eigenvalue weighted by molar-refractivity contribution is 9.10. The first-order chi connectivity index (χ1) is 6.02. The molecule has 0 aliphatic heterocycles. The van der Waals surface area contributed by atoms with Crippen LogP contribution >= 0.6 is 15.9 Å². The molecule has 0 unspecified atom stereocenters. The van der Waals surface area contributed by atoms with Gasteiger partial charge in [-0.3, -0.25) is 4.79 Å². The average molecular weight is 243 g/mol. The predicted molar refractivity (Wildman–Crippen MR) is 55.0 cm³/mol. The second-order valence-corrected chi connectivity index (χ2v) is 3.84. The van der Waals surface area contributed by atoms with Gasteiger partial charge in [-0.15, -0.1) is 0 Å². The predicted octanol–water partition coefficient (Wildman–Crippen LogP) is 2.69. The molecule has 70 valence electrons. The lowest BCUT2D eigenvalue weighted by Crippen LogP contribution is -2.02. The number of rotatable bonds is 2. The molecule has 0 radical (unpaired) electrons. The smallest absolute Gasteiger partial charge is 0.307 e. The van der Waals surface area contributed by atoms with Gasteiger partial charge in [0.25, 0.3) is 0 Å². The van der Waals surface area contributed by atoms with Crippen LogP contribution in [-0.2, 0) is 11.2 Å². The van der Waals surface area contributed by atoms with E-state index < -0.39 is 5.97 Å². The van der Waals surface area contributed by atoms with Crippen molar-refractivity contribution in [1.29, 1.82) is 0 Å². The van der Waals surface area contributed by atoms with Crippen LogP contribution in [0, 0.1) is 13.8 Å². The summed E-state index contributed by atoms with van der Waals surface area (Å²) >= 11 is 3.43. The average Bonchev–Trinajstić information content (AvgIpc) is 2.06. The summed E-state index contributed by atoms with van der Waals surface area (Å²) in [5.74, 6) is -0.793. The molecule has 0 bridgehead atoms. The summed E-state index contributed by atoms with van der Waals surface area (Å²) < 4.78 is 1.01. The molecule has 1 aromatic carbocycles. The Balaban J connectivity index is 3.10. The molecule has 13 heavy (non-hydrogen) atoms. The molecule has 1 N–H and O–H groups in total. The zero-order chi connectivity index (χ0) is 10.0. The van der Waals surface area contributed by atoms with Crippen LogP contribution in [0.4, 0.5) is 0 Å². The molecule has 0 atom stereocenters. The summed E-state index contributed by atoms with van der Waals surface area (Å²) in [7, 11) is 0. The molecule has 3 heteroatoms. The number of carboxylic acids is 1. The van der Waals surface area contributed by atoms with E-state index in [1.807, 2.05) is 26.0 Å². The molecule has 0 saturated heterocycles. The molecule has 0 fully saturated rings. The second kappa shape index (κ2) is 3.92. The van der Waals surface area contributed by atoms with Gasteiger partial charge in [0.05, 0.1) is 6.42 Å². The van der Waals surface area contributed by atoms with Crippen molar-refractivity contribution < 1.29 is 9.90 Å². The number of aryl methyl sites for hydroxylation is 1. The number of halogens is 1. The lowest BCUT2D eigenvalue weighted by molar-refractivity contribution is -0.136. The van der Waals surface area contributed by atoms with E-state index in [2.05, 4.69) is 15.9 Å². The molecule has 0 amide bonds. The maximum Gasteiger partial charge on any atom is 0.307 e. The third kappa shape index (κ3) is 2.31. The second-order valence-electron chi connectivity index (χ2n) is 3.05. The minimum Gasteiger partial charge on any atom is -0.481 e. The molecular weight excluding hydrogens is 232 g/mol. The van der Waals surface area contributed by atoms with E-state index >= 15 is 0 Å². The van der Waals surface area contributed by atoms with Crippen LogP contribution < -0.4 is 0 Å². The van der Waals surface area contributed by atoms with Crippen molar-refractivity contribution in [2.45, 2.75) is 20.3 Å². The Kier molecular flexibility index (Phi) is 3.09. The number of carboxylic acid groups (broad SMARTS) is 1. The fourth-order valence-electron chi connectivity index (χ4n) is 1.21. The summed E-state index contributed by atoms with van der Waals surface area (Å²) in [5.41, 5.74) is 3.01. The number of aliphatic carboxylic acids is 1. The van der Waals surface area contributed by atoms with Crippen molar-refractivity contribution >= 4 is 21.9 Å². The highest BCUT2D eigenvalue weighted by Crippen LogP contribution is 2.24. The van der Waals surface area contributed by atoms with E-state index in [0.29, 0.717) is 0 Å². The maximum atomic E-state index is 10.5. The Hall–Kier alpha value is -0.830. The quantitative estimate of drug-likeness (QED) is 0.866. The minimum atomic E-state index is -0.793. The largest absolute Gasteiger partial charge is 0.481 e. The monoisotopic (exact) mass is 242 g/mol. The van der Waals surface area contributed by atoms with Crippen molar-refractivity contribution in [3.05, 3.63) is 33.3 Å². The molecule has 0 saturated carbocycles. The van der Waals surface area contributed by atoms with Crippen LogP contribution in [0.1, 0.15) is 16.7 Å². The molecule has 2 nitrogen and oxygen atoms in total. The fourth-order valence-corrected chi connectivity index (χ4v) is 1.60. The van der Waals surface area contributed by atoms with E-state index in [9.17, 15) is 4.79 Å². The van der Waals surface area contributed by atoms with Gasteiger partial charge < -0.3 is 5.11 Å². The van der Waals surface area contributed by atoms with Gasteiger partial charge in [-0.05, 0) is 30.5 Å². The maximum absolute atomic E-state index is 10.5. The van der Waals surface area contributed by atoms with Gasteiger partial charge >= 0.3 is 5.97 Å². The SMILES string of the molecule is Cc1ccc(CC(=O)O)c(C)c1Br. The van der Waals surface area contributed by atoms with Crippen LogP contribution in [0.2, 0.25) is 0 Å². The van der Waals surface area contributed by atoms with Crippen LogP contribution in [-0.4, -0.2) is 11.1 Å². The Morgan fingerprint density at radius 2 is 2.08 bits per heavy atom. The van der Waals surface area contributed by atoms with Gasteiger partial charge in [-0.25, -0.2) is 0 Å². The van der Waals surface area contributed by atoms with E-state index in [4.69, 9.17) is 5.11 Å². The molecule has 0 heterocycles. The van der Waals surface area contributed by atoms with Gasteiger partial charge in [-0.2, -0.15) is 0 Å². The zero-order valence-corrected chi connectivity index (χ0v) is 9.18. The normalized spacial score (nSPS) is 10.1. The summed E-state index contributed by atoms with van der Waals surface area (Å²) in [4.78, 5) is 10.5. The number of benzene rings is 1. The molecule has 1 aromatic rings. The van der Waals surface area contributed by atoms with Gasteiger partial charge in [0.1, 0.15) is 0 Å². The summed E-state index contributed by atoms with van der Waals surface area (Å²) in [6, 6.07) is 3.79. The van der Waals surface area contributed by atoms with E-state index in [-0.39, 0.29) is 6.42 Å². The van der Waals surface area contributed by atoms with Gasteiger partial charge in [-0.1, -0.05) is 28.1 Å². The van der Waals surface area contributed by atoms with Crippen molar-refractivity contribution in [1.82, 2.24) is 0 Å². The first-order valence-corrected chi connectivity index (χ1v) is 4.78. The molecule has 1 rings (SSSR count). The summed E-state index contributed by atoms with van der Waals surface area (Å²) in [5, 5.41) is 8.64. The van der Waals surface area contributed by atoms with E-state index in [1.165, 1.54) is 0 Å². The molecule has 0 aliphatic rings. The Bertz CT molecular complexity index is 345. The summed E-state index contributed by atoms with van der Waals surface area (Å²) in [6.07, 6.45) is 0.0880. The lowest BCUT2D eigenvalue weighted by atomic mass is 10.0. The van der Waals surface area contributed by atoms with Gasteiger partial charge in [0.15, 0.2) is 0 Å². The van der Waals surface area contributed by atoms with Crippen molar-refractivity contribution in [2.24, 2.45) is 0 Å². The van der Waals surface area contributed by atoms with Crippen molar-refractivity contribution in [3.63, 3.8) is 0 Å². The molecule has 0 spiro atoms. The summed E-state index contributed by atoms with van der Waals surface area (Å²) in [6.45, 7) is 3.91. The number of hydrogen-bond donors (Lipinski definition) is 1. The minimum absolute atomic E-state index is 0.0880. The standard InChI is InChI=1S/C10H11BrO2/c1-6-3-4-8(5-9(12)13)7(2)10(6)11/h3-4H,5H2,1-2H3,(H,12,13). The van der Waals surface area contributed by atoms with Crippen LogP contribution in [0.25, 0.3) is 0 Å². The third-order valence-corrected chi connectivity index (χ3v) is 3.25. The molecule has 0 aromatic heterocycles. The Morgan fingerprint density at radius 1 is 1.46 bits per heavy atom. The third-order valence-electron chi connectivity index (χ3n) is 2.03. The Morgan fingerprint density at radius 3 is 2.62 bits per heavy atom. The fraction of sp³-hybridized carbons (Fsp3) is 0.300. The first kappa shape index (κ1) is 10.3. The van der Waals surface area contributed by atoms with Gasteiger partial charge in [0.2, 0.25) is 0 Å². The first-order valence-electron chi connectivity index (χ1n) is 3.98. The lowest BCUT2D eigenvalue weighted by Gasteiger charge is -2.07. The highest BCUT2D eigenvalue weighted by Gasteiger charge is 2.07. The molecule has 0 aliphatic carbocycles. The van der Waals surface area contributed by atoms with Crippen LogP contribution in [0.15, 0.2) is 16.6 Å².